The first-order valence-corrected chi connectivity index (χ1v) is 7.59. The Balaban J connectivity index is 1.59. The Morgan fingerprint density at radius 1 is 1.11 bits per heavy atom. The number of hydrogen-bond acceptors (Lipinski definition) is 5. The molecular formula is C13H20ClN5. The summed E-state index contributed by atoms with van der Waals surface area (Å²) in [5.74, 6) is 2.22. The van der Waals surface area contributed by atoms with E-state index in [2.05, 4.69) is 25.2 Å². The lowest BCUT2D eigenvalue weighted by Gasteiger charge is -2.25. The molecule has 1 aliphatic carbocycles. The molecule has 104 valence electrons. The second-order valence-corrected chi connectivity index (χ2v) is 5.77. The van der Waals surface area contributed by atoms with E-state index in [4.69, 9.17) is 11.6 Å². The van der Waals surface area contributed by atoms with Crippen LogP contribution in [0.15, 0.2) is 0 Å². The topological polar surface area (TPSA) is 53.9 Å². The Morgan fingerprint density at radius 3 is 2.58 bits per heavy atom. The average molecular weight is 282 g/mol. The van der Waals surface area contributed by atoms with Crippen molar-refractivity contribution in [3.05, 3.63) is 5.28 Å². The van der Waals surface area contributed by atoms with Crippen molar-refractivity contribution in [1.82, 2.24) is 15.0 Å². The maximum Gasteiger partial charge on any atom is 0.231 e. The first kappa shape index (κ1) is 12.9. The molecule has 1 aromatic rings. The van der Waals surface area contributed by atoms with Crippen molar-refractivity contribution in [3.63, 3.8) is 0 Å². The van der Waals surface area contributed by atoms with Gasteiger partial charge in [-0.15, -0.1) is 0 Å². The van der Waals surface area contributed by atoms with Crippen LogP contribution in [0.4, 0.5) is 11.9 Å². The minimum Gasteiger partial charge on any atom is -0.354 e. The van der Waals surface area contributed by atoms with E-state index in [1.165, 1.54) is 38.5 Å². The van der Waals surface area contributed by atoms with E-state index < -0.39 is 0 Å². The van der Waals surface area contributed by atoms with Crippen LogP contribution in [-0.4, -0.2) is 34.6 Å². The SMILES string of the molecule is Clc1nc(NCCC2CCC2)nc(N2CCCC2)n1. The average Bonchev–Trinajstić information content (AvgIpc) is 2.85. The lowest BCUT2D eigenvalue weighted by atomic mass is 9.83. The summed E-state index contributed by atoms with van der Waals surface area (Å²) in [6.07, 6.45) is 7.74. The highest BCUT2D eigenvalue weighted by atomic mass is 35.5. The molecule has 0 bridgehead atoms. The van der Waals surface area contributed by atoms with Crippen LogP contribution < -0.4 is 10.2 Å². The molecule has 3 rings (SSSR count). The maximum absolute atomic E-state index is 5.98. The van der Waals surface area contributed by atoms with Crippen molar-refractivity contribution < 1.29 is 0 Å². The minimum absolute atomic E-state index is 0.281. The molecule has 0 spiro atoms. The van der Waals surface area contributed by atoms with Gasteiger partial charge < -0.3 is 10.2 Å². The highest BCUT2D eigenvalue weighted by Crippen LogP contribution is 2.29. The molecule has 6 heteroatoms. The van der Waals surface area contributed by atoms with Gasteiger partial charge in [0.2, 0.25) is 17.2 Å². The van der Waals surface area contributed by atoms with Crippen LogP contribution in [0.5, 0.6) is 0 Å². The lowest BCUT2D eigenvalue weighted by molar-refractivity contribution is 0.303. The third kappa shape index (κ3) is 3.26. The molecule has 1 N–H and O–H groups in total. The number of nitrogens with one attached hydrogen (secondary N) is 1. The maximum atomic E-state index is 5.98. The van der Waals surface area contributed by atoms with Crippen LogP contribution in [0.1, 0.15) is 38.5 Å². The summed E-state index contributed by atoms with van der Waals surface area (Å²) in [6, 6.07) is 0. The van der Waals surface area contributed by atoms with E-state index in [1.54, 1.807) is 0 Å². The standard InChI is InChI=1S/C13H20ClN5/c14-11-16-12(15-7-6-10-4-3-5-10)18-13(17-11)19-8-1-2-9-19/h10H,1-9H2,(H,15,16,17,18). The molecule has 2 heterocycles. The zero-order valence-corrected chi connectivity index (χ0v) is 11.9. The summed E-state index contributed by atoms with van der Waals surface area (Å²) in [5, 5.41) is 3.56. The highest BCUT2D eigenvalue weighted by molar-refractivity contribution is 6.28. The van der Waals surface area contributed by atoms with E-state index in [1.807, 2.05) is 0 Å². The van der Waals surface area contributed by atoms with Gasteiger partial charge in [-0.2, -0.15) is 15.0 Å². The Labute approximate surface area is 118 Å². The molecule has 1 saturated carbocycles. The largest absolute Gasteiger partial charge is 0.354 e. The molecule has 1 aliphatic heterocycles. The molecule has 0 aromatic carbocycles. The second kappa shape index (κ2) is 5.90. The summed E-state index contributed by atoms with van der Waals surface area (Å²) >= 11 is 5.98. The van der Waals surface area contributed by atoms with E-state index in [9.17, 15) is 0 Å². The number of nitrogens with zero attached hydrogens (tertiary/aromatic N) is 4. The van der Waals surface area contributed by atoms with E-state index in [-0.39, 0.29) is 5.28 Å². The van der Waals surface area contributed by atoms with Gasteiger partial charge in [0.25, 0.3) is 0 Å². The molecule has 0 radical (unpaired) electrons. The number of hydrogen-bond donors (Lipinski definition) is 1. The molecule has 0 unspecified atom stereocenters. The zero-order valence-electron chi connectivity index (χ0n) is 11.1. The summed E-state index contributed by atoms with van der Waals surface area (Å²) in [4.78, 5) is 15.0. The van der Waals surface area contributed by atoms with Crippen molar-refractivity contribution in [3.8, 4) is 0 Å². The normalized spacial score (nSPS) is 19.5. The molecule has 0 amide bonds. The first-order valence-electron chi connectivity index (χ1n) is 7.21. The molecule has 5 nitrogen and oxygen atoms in total. The summed E-state index contributed by atoms with van der Waals surface area (Å²) in [5.41, 5.74) is 0. The third-order valence-electron chi connectivity index (χ3n) is 4.05. The number of aromatic nitrogens is 3. The summed E-state index contributed by atoms with van der Waals surface area (Å²) < 4.78 is 0. The van der Waals surface area contributed by atoms with Gasteiger partial charge in [0.05, 0.1) is 0 Å². The number of anilines is 2. The first-order chi connectivity index (χ1) is 9.31. The van der Waals surface area contributed by atoms with Gasteiger partial charge in [-0.05, 0) is 36.8 Å². The molecule has 1 aromatic heterocycles. The summed E-state index contributed by atoms with van der Waals surface area (Å²) in [6.45, 7) is 2.95. The fourth-order valence-electron chi connectivity index (χ4n) is 2.65. The van der Waals surface area contributed by atoms with Crippen LogP contribution in [-0.2, 0) is 0 Å². The predicted molar refractivity (Wildman–Crippen MR) is 76.7 cm³/mol. The highest BCUT2D eigenvalue weighted by Gasteiger charge is 2.18. The van der Waals surface area contributed by atoms with Crippen molar-refractivity contribution in [2.24, 2.45) is 5.92 Å². The van der Waals surface area contributed by atoms with Gasteiger partial charge in [0, 0.05) is 19.6 Å². The quantitative estimate of drug-likeness (QED) is 0.899. The number of rotatable bonds is 5. The van der Waals surface area contributed by atoms with Gasteiger partial charge in [0.1, 0.15) is 0 Å². The number of halogens is 1. The second-order valence-electron chi connectivity index (χ2n) is 5.43. The van der Waals surface area contributed by atoms with E-state index in [0.717, 1.165) is 25.6 Å². The van der Waals surface area contributed by atoms with Crippen LogP contribution in [0.25, 0.3) is 0 Å². The molecular weight excluding hydrogens is 262 g/mol. The Morgan fingerprint density at radius 2 is 1.89 bits per heavy atom. The van der Waals surface area contributed by atoms with Crippen LogP contribution in [0.3, 0.4) is 0 Å². The monoisotopic (exact) mass is 281 g/mol. The third-order valence-corrected chi connectivity index (χ3v) is 4.21. The van der Waals surface area contributed by atoms with Gasteiger partial charge in [-0.1, -0.05) is 19.3 Å². The molecule has 0 atom stereocenters. The van der Waals surface area contributed by atoms with Crippen molar-refractivity contribution >= 4 is 23.5 Å². The fourth-order valence-corrected chi connectivity index (χ4v) is 2.80. The van der Waals surface area contributed by atoms with E-state index in [0.29, 0.717) is 11.9 Å². The van der Waals surface area contributed by atoms with Crippen LogP contribution >= 0.6 is 11.6 Å². The molecule has 1 saturated heterocycles. The van der Waals surface area contributed by atoms with Gasteiger partial charge in [-0.3, -0.25) is 0 Å². The zero-order chi connectivity index (χ0) is 13.1. The molecule has 2 aliphatic rings. The lowest BCUT2D eigenvalue weighted by Crippen LogP contribution is -2.22. The van der Waals surface area contributed by atoms with Gasteiger partial charge in [-0.25, -0.2) is 0 Å². The molecule has 19 heavy (non-hydrogen) atoms. The summed E-state index contributed by atoms with van der Waals surface area (Å²) in [7, 11) is 0. The minimum atomic E-state index is 0.281. The van der Waals surface area contributed by atoms with Gasteiger partial charge in [0.15, 0.2) is 0 Å². The van der Waals surface area contributed by atoms with Crippen molar-refractivity contribution in [1.29, 1.82) is 0 Å². The van der Waals surface area contributed by atoms with Crippen molar-refractivity contribution in [2.75, 3.05) is 29.9 Å². The van der Waals surface area contributed by atoms with Crippen molar-refractivity contribution in [2.45, 2.75) is 38.5 Å². The Kier molecular flexibility index (Phi) is 4.01. The smallest absolute Gasteiger partial charge is 0.231 e. The van der Waals surface area contributed by atoms with Gasteiger partial charge >= 0.3 is 0 Å². The van der Waals surface area contributed by atoms with Crippen LogP contribution in [0, 0.1) is 5.92 Å². The predicted octanol–water partition coefficient (Wildman–Crippen LogP) is 2.73. The Bertz CT molecular complexity index is 429. The fraction of sp³-hybridized carbons (Fsp3) is 0.769. The molecule has 2 fully saturated rings. The Hall–Kier alpha value is -1.10. The van der Waals surface area contributed by atoms with E-state index >= 15 is 0 Å². The van der Waals surface area contributed by atoms with Crippen LogP contribution in [0.2, 0.25) is 5.28 Å².